The lowest BCUT2D eigenvalue weighted by atomic mass is 9.91. The summed E-state index contributed by atoms with van der Waals surface area (Å²) in [5.74, 6) is 0. The van der Waals surface area contributed by atoms with Crippen molar-refractivity contribution < 1.29 is 0 Å². The molecule has 15 aromatic rings. The molecule has 0 bridgehead atoms. The fourth-order valence-electron chi connectivity index (χ4n) is 11.6. The van der Waals surface area contributed by atoms with Crippen LogP contribution in [0.1, 0.15) is 0 Å². The van der Waals surface area contributed by atoms with E-state index >= 15 is 0 Å². The number of hydrogen-bond acceptors (Lipinski definition) is 0. The van der Waals surface area contributed by atoms with Crippen LogP contribution in [0.2, 0.25) is 0 Å². The second kappa shape index (κ2) is 12.9. The highest BCUT2D eigenvalue weighted by Gasteiger charge is 2.25. The first-order valence-corrected chi connectivity index (χ1v) is 22.5. The first kappa shape index (κ1) is 34.9. The van der Waals surface area contributed by atoms with Gasteiger partial charge in [-0.05, 0) is 117 Å². The molecule has 0 atom stereocenters. The van der Waals surface area contributed by atoms with Crippen molar-refractivity contribution in [2.45, 2.75) is 0 Å². The molecule has 0 spiro atoms. The summed E-state index contributed by atoms with van der Waals surface area (Å²) >= 11 is 0. The fraction of sp³-hybridized carbons (Fsp3) is 0. The normalized spacial score (nSPS) is 12.3. The Morgan fingerprint density at radius 3 is 1.54 bits per heavy atom. The number of fused-ring (bicyclic) bond motifs is 16. The smallest absolute Gasteiger partial charge is 0.0628 e. The molecule has 300 valence electrons. The number of hydrogen-bond donors (Lipinski definition) is 0. The Labute approximate surface area is 373 Å². The van der Waals surface area contributed by atoms with E-state index in [0.717, 1.165) is 11.4 Å². The van der Waals surface area contributed by atoms with Gasteiger partial charge < -0.3 is 13.5 Å². The van der Waals surface area contributed by atoms with E-state index in [9.17, 15) is 0 Å². The van der Waals surface area contributed by atoms with Crippen LogP contribution >= 0.6 is 0 Å². The predicted molar refractivity (Wildman–Crippen MR) is 276 cm³/mol. The third-order valence-electron chi connectivity index (χ3n) is 14.3. The molecule has 3 heteroatoms. The molecule has 15 rings (SSSR count). The Morgan fingerprint density at radius 1 is 0.246 bits per heavy atom. The Hall–Kier alpha value is -8.66. The summed E-state index contributed by atoms with van der Waals surface area (Å²) < 4.78 is 7.43. The maximum Gasteiger partial charge on any atom is 0.0628 e. The minimum atomic E-state index is 1.14. The summed E-state index contributed by atoms with van der Waals surface area (Å²) in [6.07, 6.45) is 0. The first-order chi connectivity index (χ1) is 32.3. The Morgan fingerprint density at radius 2 is 0.785 bits per heavy atom. The molecule has 0 saturated carbocycles. The number of rotatable bonds is 4. The quantitative estimate of drug-likeness (QED) is 0.168. The topological polar surface area (TPSA) is 14.3 Å². The van der Waals surface area contributed by atoms with Crippen molar-refractivity contribution >= 4 is 103 Å². The number of para-hydroxylation sites is 4. The van der Waals surface area contributed by atoms with Gasteiger partial charge in [-0.3, -0.25) is 0 Å². The van der Waals surface area contributed by atoms with E-state index in [-0.39, 0.29) is 0 Å². The number of benzene rings is 11. The summed E-state index contributed by atoms with van der Waals surface area (Å²) in [4.78, 5) is 0. The second-order valence-corrected chi connectivity index (χ2v) is 17.6. The highest BCUT2D eigenvalue weighted by Crippen LogP contribution is 2.48. The summed E-state index contributed by atoms with van der Waals surface area (Å²) in [5.41, 5.74) is 15.7. The molecule has 0 fully saturated rings. The van der Waals surface area contributed by atoms with Crippen LogP contribution in [0.5, 0.6) is 0 Å². The van der Waals surface area contributed by atoms with Gasteiger partial charge in [0.15, 0.2) is 0 Å². The zero-order chi connectivity index (χ0) is 42.3. The summed E-state index contributed by atoms with van der Waals surface area (Å²) in [6, 6.07) is 83.2. The minimum absolute atomic E-state index is 1.14. The summed E-state index contributed by atoms with van der Waals surface area (Å²) in [6.45, 7) is 0. The largest absolute Gasteiger partial charge is 0.309 e. The van der Waals surface area contributed by atoms with Crippen molar-refractivity contribution in [3.05, 3.63) is 224 Å². The lowest BCUT2D eigenvalue weighted by Crippen LogP contribution is -1.95. The average Bonchev–Trinajstić information content (AvgIpc) is 4.10. The van der Waals surface area contributed by atoms with Crippen LogP contribution in [0, 0.1) is 0 Å². The van der Waals surface area contributed by atoms with Gasteiger partial charge in [0.2, 0.25) is 0 Å². The van der Waals surface area contributed by atoms with Crippen LogP contribution in [0.25, 0.3) is 137 Å². The molecule has 0 aliphatic carbocycles. The van der Waals surface area contributed by atoms with E-state index < -0.39 is 0 Å². The Bertz CT molecular complexity index is 4450. The van der Waals surface area contributed by atoms with Gasteiger partial charge in [-0.1, -0.05) is 152 Å². The second-order valence-electron chi connectivity index (χ2n) is 17.6. The zero-order valence-electron chi connectivity index (χ0n) is 35.2. The predicted octanol–water partition coefficient (Wildman–Crippen LogP) is 16.7. The van der Waals surface area contributed by atoms with E-state index in [1.54, 1.807) is 0 Å². The molecule has 3 nitrogen and oxygen atoms in total. The number of aromatic nitrogens is 3. The van der Waals surface area contributed by atoms with Crippen LogP contribution < -0.4 is 0 Å². The summed E-state index contributed by atoms with van der Waals surface area (Å²) in [5, 5.41) is 15.3. The molecule has 0 aliphatic heterocycles. The maximum atomic E-state index is 2.52. The van der Waals surface area contributed by atoms with E-state index in [2.05, 4.69) is 238 Å². The van der Waals surface area contributed by atoms with Gasteiger partial charge in [0.05, 0.1) is 38.6 Å². The van der Waals surface area contributed by atoms with Crippen molar-refractivity contribution in [2.24, 2.45) is 0 Å². The highest BCUT2D eigenvalue weighted by molar-refractivity contribution is 6.38. The van der Waals surface area contributed by atoms with Crippen LogP contribution in [0.3, 0.4) is 0 Å². The molecule has 4 aromatic heterocycles. The van der Waals surface area contributed by atoms with E-state index in [0.29, 0.717) is 0 Å². The molecule has 0 unspecified atom stereocenters. The van der Waals surface area contributed by atoms with E-state index in [1.807, 2.05) is 0 Å². The van der Waals surface area contributed by atoms with Gasteiger partial charge in [-0.15, -0.1) is 0 Å². The minimum Gasteiger partial charge on any atom is -0.309 e. The molecular weight excluding hydrogens is 787 g/mol. The molecule has 4 heterocycles. The molecule has 0 amide bonds. The maximum absolute atomic E-state index is 2.52. The zero-order valence-corrected chi connectivity index (χ0v) is 35.2. The van der Waals surface area contributed by atoms with Gasteiger partial charge in [0.1, 0.15) is 0 Å². The molecule has 0 radical (unpaired) electrons. The molecule has 11 aromatic carbocycles. The van der Waals surface area contributed by atoms with Crippen LogP contribution in [0.4, 0.5) is 0 Å². The molecule has 0 aliphatic rings. The lowest BCUT2D eigenvalue weighted by Gasteiger charge is -2.15. The van der Waals surface area contributed by atoms with E-state index in [1.165, 1.54) is 126 Å². The van der Waals surface area contributed by atoms with Gasteiger partial charge in [-0.2, -0.15) is 0 Å². The van der Waals surface area contributed by atoms with Crippen molar-refractivity contribution in [3.63, 3.8) is 0 Å². The standard InChI is InChI=1S/C62H37N3/c1-2-17-43(18-3-1)63-53-23-11-8-20-46(53)48-32-28-42(36-57(48)63)51-35-41-16-5-4-15-40(41)34-50(51)39-26-30-44(31-27-39)64-56-33-29-38-14-6-7-19-45(38)59(56)61-58(64)37-52-47-21-9-12-24-54(47)65-55-25-13-10-22-49(55)60(61)62(52)65/h1-37H. The molecule has 65 heavy (non-hydrogen) atoms. The van der Waals surface area contributed by atoms with Crippen molar-refractivity contribution in [1.29, 1.82) is 0 Å². The van der Waals surface area contributed by atoms with Gasteiger partial charge in [0.25, 0.3) is 0 Å². The van der Waals surface area contributed by atoms with Crippen LogP contribution in [-0.2, 0) is 0 Å². The SMILES string of the molecule is c1ccc(-n2c3ccccc3c3ccc(-c4cc5ccccc5cc4-c4ccc(-n5c6ccc7ccccc7c6c6c7c8ccccc8n8c9ccccc9c(cc65)c78)cc4)cc32)cc1. The van der Waals surface area contributed by atoms with Crippen molar-refractivity contribution in [1.82, 2.24) is 13.5 Å². The lowest BCUT2D eigenvalue weighted by molar-refractivity contribution is 1.18. The van der Waals surface area contributed by atoms with Gasteiger partial charge in [-0.25, -0.2) is 0 Å². The first-order valence-electron chi connectivity index (χ1n) is 22.5. The van der Waals surface area contributed by atoms with Crippen LogP contribution in [0.15, 0.2) is 224 Å². The fourth-order valence-corrected chi connectivity index (χ4v) is 11.6. The van der Waals surface area contributed by atoms with Crippen LogP contribution in [-0.4, -0.2) is 13.5 Å². The van der Waals surface area contributed by atoms with Crippen molar-refractivity contribution in [3.8, 4) is 33.6 Å². The third-order valence-corrected chi connectivity index (χ3v) is 14.3. The molecule has 0 saturated heterocycles. The Kier molecular flexibility index (Phi) is 6.95. The monoisotopic (exact) mass is 823 g/mol. The van der Waals surface area contributed by atoms with Crippen molar-refractivity contribution in [2.75, 3.05) is 0 Å². The average molecular weight is 824 g/mol. The molecular formula is C62H37N3. The Balaban J connectivity index is 0.980. The summed E-state index contributed by atoms with van der Waals surface area (Å²) in [7, 11) is 0. The van der Waals surface area contributed by atoms with E-state index in [4.69, 9.17) is 0 Å². The number of nitrogens with zero attached hydrogens (tertiary/aromatic N) is 3. The molecule has 0 N–H and O–H groups in total. The van der Waals surface area contributed by atoms with Gasteiger partial charge >= 0.3 is 0 Å². The van der Waals surface area contributed by atoms with Gasteiger partial charge in [0, 0.05) is 54.5 Å². The highest BCUT2D eigenvalue weighted by atomic mass is 15.0. The third kappa shape index (κ3) is 4.74.